The molecule has 1 heterocycles. The molecule has 100 valence electrons. The monoisotopic (exact) mass is 282 g/mol. The van der Waals surface area contributed by atoms with E-state index >= 15 is 0 Å². The molecular weight excluding hydrogens is 272 g/mol. The van der Waals surface area contributed by atoms with Gasteiger partial charge in [0.05, 0.1) is 17.2 Å². The highest BCUT2D eigenvalue weighted by atomic mass is 35.5. The number of halogens is 1. The van der Waals surface area contributed by atoms with Gasteiger partial charge in [-0.25, -0.2) is 4.98 Å². The fourth-order valence-electron chi connectivity index (χ4n) is 1.11. The fraction of sp³-hybridized carbons (Fsp3) is 0.273. The van der Waals surface area contributed by atoms with E-state index in [4.69, 9.17) is 16.9 Å². The van der Waals surface area contributed by atoms with Crippen molar-refractivity contribution in [3.8, 4) is 6.07 Å². The lowest BCUT2D eigenvalue weighted by Gasteiger charge is -2.08. The Balaban J connectivity index is 2.51. The van der Waals surface area contributed by atoms with Crippen LogP contribution >= 0.6 is 11.6 Å². The maximum Gasteiger partial charge on any atom is 0.315 e. The number of hydrazine groups is 1. The SMILES string of the molecule is CCOC(=O)CC(=O)NNc1ncc(C#N)cc1Cl. The second-order valence-electron chi connectivity index (χ2n) is 3.32. The number of ether oxygens (including phenoxy) is 1. The average molecular weight is 283 g/mol. The number of carbonyl (C=O) groups is 2. The standard InChI is InChI=1S/C11H11ClN4O3/c1-2-19-10(18)4-9(17)15-16-11-8(12)3-7(5-13)6-14-11/h3,6H,2,4H2,1H3,(H,14,16)(H,15,17). The van der Waals surface area contributed by atoms with Crippen molar-refractivity contribution in [2.45, 2.75) is 13.3 Å². The number of hydrogen-bond donors (Lipinski definition) is 2. The molecule has 0 spiro atoms. The van der Waals surface area contributed by atoms with Crippen molar-refractivity contribution in [2.75, 3.05) is 12.0 Å². The lowest BCUT2D eigenvalue weighted by Crippen LogP contribution is -2.32. The number of nitrogens with one attached hydrogen (secondary N) is 2. The van der Waals surface area contributed by atoms with E-state index in [1.54, 1.807) is 6.92 Å². The van der Waals surface area contributed by atoms with Gasteiger partial charge >= 0.3 is 5.97 Å². The molecule has 0 saturated heterocycles. The van der Waals surface area contributed by atoms with E-state index < -0.39 is 18.3 Å². The molecule has 0 aliphatic rings. The Bertz CT molecular complexity index is 527. The number of nitriles is 1. The van der Waals surface area contributed by atoms with Crippen LogP contribution in [0.25, 0.3) is 0 Å². The minimum Gasteiger partial charge on any atom is -0.466 e. The van der Waals surface area contributed by atoms with Gasteiger partial charge in [-0.15, -0.1) is 0 Å². The van der Waals surface area contributed by atoms with Crippen molar-refractivity contribution in [2.24, 2.45) is 0 Å². The summed E-state index contributed by atoms with van der Waals surface area (Å²) in [6, 6.07) is 3.27. The number of rotatable bonds is 5. The molecule has 1 rings (SSSR count). The van der Waals surface area contributed by atoms with Crippen LogP contribution in [0.4, 0.5) is 5.82 Å². The van der Waals surface area contributed by atoms with Crippen molar-refractivity contribution in [1.82, 2.24) is 10.4 Å². The van der Waals surface area contributed by atoms with Gasteiger partial charge in [0.2, 0.25) is 5.91 Å². The van der Waals surface area contributed by atoms with Crippen LogP contribution in [0.15, 0.2) is 12.3 Å². The van der Waals surface area contributed by atoms with Crippen molar-refractivity contribution in [3.63, 3.8) is 0 Å². The Morgan fingerprint density at radius 2 is 2.32 bits per heavy atom. The van der Waals surface area contributed by atoms with Gasteiger partial charge in [-0.05, 0) is 13.0 Å². The Labute approximate surface area is 114 Å². The van der Waals surface area contributed by atoms with Gasteiger partial charge < -0.3 is 4.74 Å². The molecule has 2 N–H and O–H groups in total. The van der Waals surface area contributed by atoms with Crippen LogP contribution in [-0.4, -0.2) is 23.5 Å². The lowest BCUT2D eigenvalue weighted by molar-refractivity contribution is -0.145. The van der Waals surface area contributed by atoms with Crippen LogP contribution in [0.3, 0.4) is 0 Å². The third-order valence-electron chi connectivity index (χ3n) is 1.90. The molecule has 0 unspecified atom stereocenters. The number of amides is 1. The second kappa shape index (κ2) is 7.18. The third kappa shape index (κ3) is 4.81. The minimum absolute atomic E-state index is 0.176. The zero-order chi connectivity index (χ0) is 14.3. The molecule has 8 heteroatoms. The highest BCUT2D eigenvalue weighted by Crippen LogP contribution is 2.18. The minimum atomic E-state index is -0.624. The van der Waals surface area contributed by atoms with Crippen molar-refractivity contribution in [1.29, 1.82) is 5.26 Å². The van der Waals surface area contributed by atoms with Crippen LogP contribution in [0.5, 0.6) is 0 Å². The molecular formula is C11H11ClN4O3. The number of nitrogens with zero attached hydrogens (tertiary/aromatic N) is 2. The number of anilines is 1. The Kier molecular flexibility index (Phi) is 5.57. The lowest BCUT2D eigenvalue weighted by atomic mass is 10.3. The van der Waals surface area contributed by atoms with Crippen LogP contribution in [-0.2, 0) is 14.3 Å². The first-order valence-corrected chi connectivity index (χ1v) is 5.70. The molecule has 0 fully saturated rings. The molecule has 0 bridgehead atoms. The molecule has 1 aromatic rings. The largest absolute Gasteiger partial charge is 0.466 e. The molecule has 0 aliphatic carbocycles. The zero-order valence-electron chi connectivity index (χ0n) is 10.1. The zero-order valence-corrected chi connectivity index (χ0v) is 10.8. The van der Waals surface area contributed by atoms with Crippen molar-refractivity contribution in [3.05, 3.63) is 22.8 Å². The summed E-state index contributed by atoms with van der Waals surface area (Å²) >= 11 is 5.83. The van der Waals surface area contributed by atoms with Gasteiger partial charge in [-0.2, -0.15) is 5.26 Å². The maximum atomic E-state index is 11.3. The van der Waals surface area contributed by atoms with E-state index in [9.17, 15) is 9.59 Å². The normalized spacial score (nSPS) is 9.32. The van der Waals surface area contributed by atoms with Crippen LogP contribution in [0, 0.1) is 11.3 Å². The molecule has 0 aromatic carbocycles. The summed E-state index contributed by atoms with van der Waals surface area (Å²) in [7, 11) is 0. The summed E-state index contributed by atoms with van der Waals surface area (Å²) in [5.74, 6) is -1.03. The van der Waals surface area contributed by atoms with Crippen LogP contribution in [0.1, 0.15) is 18.9 Å². The summed E-state index contributed by atoms with van der Waals surface area (Å²) in [5.41, 5.74) is 5.00. The first-order chi connectivity index (χ1) is 9.06. The maximum absolute atomic E-state index is 11.3. The van der Waals surface area contributed by atoms with Gasteiger partial charge in [0, 0.05) is 6.20 Å². The van der Waals surface area contributed by atoms with E-state index in [0.29, 0.717) is 5.56 Å². The van der Waals surface area contributed by atoms with Gasteiger partial charge in [-0.3, -0.25) is 20.4 Å². The molecule has 0 saturated carbocycles. The molecule has 0 radical (unpaired) electrons. The van der Waals surface area contributed by atoms with Gasteiger partial charge in [0.1, 0.15) is 12.5 Å². The molecule has 19 heavy (non-hydrogen) atoms. The number of esters is 1. The molecule has 1 amide bonds. The number of aromatic nitrogens is 1. The summed E-state index contributed by atoms with van der Waals surface area (Å²) in [6.45, 7) is 1.86. The summed E-state index contributed by atoms with van der Waals surface area (Å²) in [5, 5.41) is 8.81. The summed E-state index contributed by atoms with van der Waals surface area (Å²) in [6.07, 6.45) is 0.889. The summed E-state index contributed by atoms with van der Waals surface area (Å²) in [4.78, 5) is 26.2. The van der Waals surface area contributed by atoms with E-state index in [-0.39, 0.29) is 17.4 Å². The van der Waals surface area contributed by atoms with Gasteiger partial charge in [0.25, 0.3) is 0 Å². The van der Waals surface area contributed by atoms with Crippen molar-refractivity contribution >= 4 is 29.3 Å². The summed E-state index contributed by atoms with van der Waals surface area (Å²) < 4.78 is 4.61. The topological polar surface area (TPSA) is 104 Å². The molecule has 0 aliphatic heterocycles. The predicted octanol–water partition coefficient (Wildman–Crippen LogP) is 1.00. The number of hydrogen-bond acceptors (Lipinski definition) is 6. The van der Waals surface area contributed by atoms with Crippen molar-refractivity contribution < 1.29 is 14.3 Å². The van der Waals surface area contributed by atoms with Gasteiger partial charge in [-0.1, -0.05) is 11.6 Å². The average Bonchev–Trinajstić information content (AvgIpc) is 2.37. The molecule has 1 aromatic heterocycles. The van der Waals surface area contributed by atoms with E-state index in [2.05, 4.69) is 20.6 Å². The Morgan fingerprint density at radius 3 is 2.89 bits per heavy atom. The van der Waals surface area contributed by atoms with E-state index in [1.807, 2.05) is 6.07 Å². The molecule has 7 nitrogen and oxygen atoms in total. The second-order valence-corrected chi connectivity index (χ2v) is 3.73. The van der Waals surface area contributed by atoms with Gasteiger partial charge in [0.15, 0.2) is 5.82 Å². The van der Waals surface area contributed by atoms with Crippen LogP contribution in [0.2, 0.25) is 5.02 Å². The first-order valence-electron chi connectivity index (χ1n) is 5.33. The van der Waals surface area contributed by atoms with Crippen LogP contribution < -0.4 is 10.9 Å². The quantitative estimate of drug-likeness (QED) is 0.474. The third-order valence-corrected chi connectivity index (χ3v) is 2.19. The first kappa shape index (κ1) is 14.7. The van der Waals surface area contributed by atoms with E-state index in [1.165, 1.54) is 12.3 Å². The predicted molar refractivity (Wildman–Crippen MR) is 67.0 cm³/mol. The fourth-order valence-corrected chi connectivity index (χ4v) is 1.32. The number of carbonyl (C=O) groups excluding carboxylic acids is 2. The highest BCUT2D eigenvalue weighted by molar-refractivity contribution is 6.33. The Morgan fingerprint density at radius 1 is 1.58 bits per heavy atom. The Hall–Kier alpha value is -2.33. The molecule has 0 atom stereocenters. The number of pyridine rings is 1. The van der Waals surface area contributed by atoms with E-state index in [0.717, 1.165) is 0 Å². The smallest absolute Gasteiger partial charge is 0.315 e. The highest BCUT2D eigenvalue weighted by Gasteiger charge is 2.10.